The van der Waals surface area contributed by atoms with Gasteiger partial charge < -0.3 is 9.88 Å². The second kappa shape index (κ2) is 5.95. The van der Waals surface area contributed by atoms with Crippen molar-refractivity contribution in [2.45, 2.75) is 34.2 Å². The van der Waals surface area contributed by atoms with Gasteiger partial charge in [0.2, 0.25) is 5.91 Å². The van der Waals surface area contributed by atoms with Crippen LogP contribution in [0.1, 0.15) is 22.5 Å². The highest BCUT2D eigenvalue weighted by molar-refractivity contribution is 5.91. The van der Waals surface area contributed by atoms with Crippen LogP contribution in [0.15, 0.2) is 35.1 Å². The lowest BCUT2D eigenvalue weighted by Crippen LogP contribution is -2.23. The van der Waals surface area contributed by atoms with Crippen LogP contribution >= 0.6 is 0 Å². The summed E-state index contributed by atoms with van der Waals surface area (Å²) < 4.78 is 1.84. The molecule has 0 aliphatic rings. The molecule has 0 aliphatic heterocycles. The quantitative estimate of drug-likeness (QED) is 0.942. The number of nitrogens with one attached hydrogen (secondary N) is 1. The number of hydrogen-bond acceptors (Lipinski definition) is 2. The third-order valence-corrected chi connectivity index (χ3v) is 3.52. The minimum Gasteiger partial charge on any atom is -0.340 e. The van der Waals surface area contributed by atoms with E-state index in [4.69, 9.17) is 0 Å². The molecular weight excluding hydrogens is 264 g/mol. The molecule has 2 aromatic rings. The zero-order valence-electron chi connectivity index (χ0n) is 12.9. The van der Waals surface area contributed by atoms with Gasteiger partial charge in [-0.2, -0.15) is 0 Å². The molecule has 1 aromatic heterocycles. The number of amides is 1. The molecule has 0 spiro atoms. The molecule has 0 radical (unpaired) electrons. The number of carbonyl (C=O) groups is 1. The largest absolute Gasteiger partial charge is 0.340 e. The zero-order valence-corrected chi connectivity index (χ0v) is 12.9. The van der Waals surface area contributed by atoms with E-state index in [1.165, 1.54) is 12.1 Å². The van der Waals surface area contributed by atoms with Gasteiger partial charge in [0.05, 0.1) is 0 Å². The number of pyridine rings is 1. The highest BCUT2D eigenvalue weighted by Crippen LogP contribution is 2.16. The molecule has 0 saturated heterocycles. The second-order valence-electron chi connectivity index (χ2n) is 5.43. The summed E-state index contributed by atoms with van der Waals surface area (Å²) >= 11 is 0. The average molecular weight is 284 g/mol. The summed E-state index contributed by atoms with van der Waals surface area (Å²) in [5, 5.41) is 2.93. The summed E-state index contributed by atoms with van der Waals surface area (Å²) in [6.07, 6.45) is 0. The van der Waals surface area contributed by atoms with Gasteiger partial charge in [0.1, 0.15) is 6.54 Å². The zero-order chi connectivity index (χ0) is 15.6. The Morgan fingerprint density at radius 1 is 1.05 bits per heavy atom. The lowest BCUT2D eigenvalue weighted by atomic mass is 10.1. The van der Waals surface area contributed by atoms with E-state index >= 15 is 0 Å². The maximum Gasteiger partial charge on any atom is 0.244 e. The predicted octanol–water partition coefficient (Wildman–Crippen LogP) is 2.72. The molecule has 1 aromatic carbocycles. The number of hydrogen-bond donors (Lipinski definition) is 1. The lowest BCUT2D eigenvalue weighted by molar-refractivity contribution is -0.116. The monoisotopic (exact) mass is 284 g/mol. The van der Waals surface area contributed by atoms with Crippen molar-refractivity contribution in [3.63, 3.8) is 0 Å². The van der Waals surface area contributed by atoms with E-state index in [9.17, 15) is 9.59 Å². The Bertz CT molecular complexity index is 719. The summed E-state index contributed by atoms with van der Waals surface area (Å²) in [5.74, 6) is -0.0986. The number of benzene rings is 1. The second-order valence-corrected chi connectivity index (χ2v) is 5.43. The first-order valence-corrected chi connectivity index (χ1v) is 6.92. The van der Waals surface area contributed by atoms with Crippen LogP contribution in [0, 0.1) is 27.7 Å². The van der Waals surface area contributed by atoms with Crippen LogP contribution in [0.25, 0.3) is 0 Å². The molecule has 0 atom stereocenters. The van der Waals surface area contributed by atoms with E-state index in [0.29, 0.717) is 0 Å². The van der Waals surface area contributed by atoms with Crippen LogP contribution in [0.5, 0.6) is 0 Å². The molecule has 4 heteroatoms. The maximum atomic E-state index is 12.2. The molecule has 0 aliphatic carbocycles. The number of carbonyl (C=O) groups excluding carboxylic acids is 1. The lowest BCUT2D eigenvalue weighted by Gasteiger charge is -2.15. The SMILES string of the molecule is Cc1ccc(C)c(NC(=O)Cn2c(C)cc(=O)cc2C)c1. The molecule has 0 bridgehead atoms. The van der Waals surface area contributed by atoms with Crippen LogP contribution in [-0.2, 0) is 11.3 Å². The van der Waals surface area contributed by atoms with Gasteiger partial charge >= 0.3 is 0 Å². The molecule has 2 rings (SSSR count). The average Bonchev–Trinajstić information content (AvgIpc) is 2.38. The van der Waals surface area contributed by atoms with Crippen molar-refractivity contribution < 1.29 is 4.79 Å². The minimum atomic E-state index is -0.0986. The van der Waals surface area contributed by atoms with Gasteiger partial charge in [-0.3, -0.25) is 9.59 Å². The van der Waals surface area contributed by atoms with Gasteiger partial charge in [-0.25, -0.2) is 0 Å². The van der Waals surface area contributed by atoms with Gasteiger partial charge in [0, 0.05) is 29.2 Å². The Morgan fingerprint density at radius 2 is 1.67 bits per heavy atom. The molecule has 4 nitrogen and oxygen atoms in total. The van der Waals surface area contributed by atoms with E-state index in [-0.39, 0.29) is 17.9 Å². The van der Waals surface area contributed by atoms with Crippen molar-refractivity contribution in [1.29, 1.82) is 0 Å². The van der Waals surface area contributed by atoms with Crippen molar-refractivity contribution in [3.8, 4) is 0 Å². The molecule has 1 heterocycles. The van der Waals surface area contributed by atoms with Gasteiger partial charge in [0.15, 0.2) is 5.43 Å². The Labute approximate surface area is 124 Å². The third-order valence-electron chi connectivity index (χ3n) is 3.52. The molecule has 110 valence electrons. The van der Waals surface area contributed by atoms with E-state index in [1.54, 1.807) is 0 Å². The minimum absolute atomic E-state index is 0.0313. The Balaban J connectivity index is 2.19. The first kappa shape index (κ1) is 15.0. The van der Waals surface area contributed by atoms with Crippen molar-refractivity contribution in [2.75, 3.05) is 5.32 Å². The Morgan fingerprint density at radius 3 is 2.29 bits per heavy atom. The molecule has 1 N–H and O–H groups in total. The van der Waals surface area contributed by atoms with Crippen molar-refractivity contribution in [3.05, 3.63) is 63.1 Å². The first-order valence-electron chi connectivity index (χ1n) is 6.92. The summed E-state index contributed by atoms with van der Waals surface area (Å²) in [7, 11) is 0. The summed E-state index contributed by atoms with van der Waals surface area (Å²) in [6.45, 7) is 7.82. The highest BCUT2D eigenvalue weighted by Gasteiger charge is 2.09. The standard InChI is InChI=1S/C17H20N2O2/c1-11-5-6-12(2)16(7-11)18-17(21)10-19-13(3)8-15(20)9-14(19)4/h5-9H,10H2,1-4H3,(H,18,21). The fourth-order valence-corrected chi connectivity index (χ4v) is 2.34. The van der Waals surface area contributed by atoms with Crippen molar-refractivity contribution in [1.82, 2.24) is 4.57 Å². The van der Waals surface area contributed by atoms with Crippen LogP contribution in [0.2, 0.25) is 0 Å². The number of aromatic nitrogens is 1. The molecule has 0 unspecified atom stereocenters. The number of nitrogens with zero attached hydrogens (tertiary/aromatic N) is 1. The Hall–Kier alpha value is -2.36. The van der Waals surface area contributed by atoms with E-state index < -0.39 is 0 Å². The van der Waals surface area contributed by atoms with E-state index in [0.717, 1.165) is 28.2 Å². The first-order chi connectivity index (χ1) is 9.86. The normalized spacial score (nSPS) is 10.5. The number of rotatable bonds is 3. The molecular formula is C17H20N2O2. The number of anilines is 1. The van der Waals surface area contributed by atoms with E-state index in [1.807, 2.05) is 50.5 Å². The van der Waals surface area contributed by atoms with Crippen LogP contribution in [-0.4, -0.2) is 10.5 Å². The van der Waals surface area contributed by atoms with Crippen molar-refractivity contribution in [2.24, 2.45) is 0 Å². The smallest absolute Gasteiger partial charge is 0.244 e. The maximum absolute atomic E-state index is 12.2. The fourth-order valence-electron chi connectivity index (χ4n) is 2.34. The molecule has 0 fully saturated rings. The summed E-state index contributed by atoms with van der Waals surface area (Å²) in [4.78, 5) is 23.6. The number of aryl methyl sites for hydroxylation is 4. The van der Waals surface area contributed by atoms with Gasteiger partial charge in [-0.15, -0.1) is 0 Å². The van der Waals surface area contributed by atoms with E-state index in [2.05, 4.69) is 5.32 Å². The highest BCUT2D eigenvalue weighted by atomic mass is 16.2. The van der Waals surface area contributed by atoms with Crippen LogP contribution < -0.4 is 10.7 Å². The fraction of sp³-hybridized carbons (Fsp3) is 0.294. The summed E-state index contributed by atoms with van der Waals surface area (Å²) in [5.41, 5.74) is 4.51. The van der Waals surface area contributed by atoms with Gasteiger partial charge in [-0.05, 0) is 44.9 Å². The molecule has 1 amide bonds. The molecule has 0 saturated carbocycles. The third kappa shape index (κ3) is 3.60. The van der Waals surface area contributed by atoms with Crippen molar-refractivity contribution >= 4 is 11.6 Å². The predicted molar refractivity (Wildman–Crippen MR) is 84.7 cm³/mol. The van der Waals surface area contributed by atoms with Crippen LogP contribution in [0.3, 0.4) is 0 Å². The Kier molecular flexibility index (Phi) is 4.26. The molecule has 21 heavy (non-hydrogen) atoms. The van der Waals surface area contributed by atoms with Gasteiger partial charge in [-0.1, -0.05) is 12.1 Å². The summed E-state index contributed by atoms with van der Waals surface area (Å²) in [6, 6.07) is 9.04. The topological polar surface area (TPSA) is 51.1 Å². The van der Waals surface area contributed by atoms with Crippen LogP contribution in [0.4, 0.5) is 5.69 Å². The van der Waals surface area contributed by atoms with Gasteiger partial charge in [0.25, 0.3) is 0 Å².